The second-order valence-electron chi connectivity index (χ2n) is 9.14. The zero-order chi connectivity index (χ0) is 28.0. The largest absolute Gasteiger partial charge is 0.431 e. The van der Waals surface area contributed by atoms with Crippen molar-refractivity contribution in [3.8, 4) is 0 Å². The summed E-state index contributed by atoms with van der Waals surface area (Å²) in [5.74, 6) is 0.143. The number of rotatable bonds is 10. The average Bonchev–Trinajstić information content (AvgIpc) is 3.61. The molecule has 0 aliphatic heterocycles. The fourth-order valence-electron chi connectivity index (χ4n) is 4.12. The summed E-state index contributed by atoms with van der Waals surface area (Å²) in [6, 6.07) is 30.5. The highest BCUT2D eigenvalue weighted by molar-refractivity contribution is 8.00. The fraction of sp³-hybridized carbons (Fsp3) is 0.0968. The standard InChI is InChI=1S/C31H24N4O4S2/c36-28(18-40-30-34-24-5-1-3-7-26(24)38-30)32-22-13-9-20(10-14-22)17-21-11-15-23(16-12-21)33-29(37)19-41-31-35-25-6-2-4-8-27(25)39-31/h1-16H,17-19H2,(H,32,36)(H,33,37). The summed E-state index contributed by atoms with van der Waals surface area (Å²) in [6.45, 7) is 0. The lowest BCUT2D eigenvalue weighted by molar-refractivity contribution is -0.114. The molecule has 2 amide bonds. The lowest BCUT2D eigenvalue weighted by Crippen LogP contribution is -2.14. The molecule has 0 aliphatic carbocycles. The van der Waals surface area contributed by atoms with Crippen LogP contribution in [0, 0.1) is 0 Å². The van der Waals surface area contributed by atoms with Gasteiger partial charge in [-0.3, -0.25) is 9.59 Å². The predicted octanol–water partition coefficient (Wildman–Crippen LogP) is 7.02. The van der Waals surface area contributed by atoms with Crippen molar-refractivity contribution in [1.82, 2.24) is 9.97 Å². The molecule has 2 aromatic heterocycles. The molecule has 204 valence electrons. The predicted molar refractivity (Wildman–Crippen MR) is 162 cm³/mol. The van der Waals surface area contributed by atoms with Crippen LogP contribution in [0.5, 0.6) is 0 Å². The first-order valence-electron chi connectivity index (χ1n) is 12.8. The number of para-hydroxylation sites is 4. The van der Waals surface area contributed by atoms with Gasteiger partial charge in [0.25, 0.3) is 10.4 Å². The highest BCUT2D eigenvalue weighted by atomic mass is 32.2. The Hall–Kier alpha value is -4.54. The number of benzene rings is 4. The third-order valence-corrected chi connectivity index (χ3v) is 7.74. The third-order valence-electron chi connectivity index (χ3n) is 6.09. The molecular formula is C31H24N4O4S2. The van der Waals surface area contributed by atoms with E-state index < -0.39 is 0 Å². The van der Waals surface area contributed by atoms with Crippen molar-refractivity contribution in [3.05, 3.63) is 108 Å². The highest BCUT2D eigenvalue weighted by Gasteiger charge is 2.11. The number of amides is 2. The Labute approximate surface area is 243 Å². The molecule has 0 bridgehead atoms. The van der Waals surface area contributed by atoms with Crippen molar-refractivity contribution in [2.75, 3.05) is 22.1 Å². The number of carbonyl (C=O) groups excluding carboxylic acids is 2. The molecule has 2 N–H and O–H groups in total. The van der Waals surface area contributed by atoms with E-state index in [1.807, 2.05) is 97.1 Å². The number of aromatic nitrogens is 2. The van der Waals surface area contributed by atoms with Crippen LogP contribution in [0.1, 0.15) is 11.1 Å². The topological polar surface area (TPSA) is 110 Å². The fourth-order valence-corrected chi connectivity index (χ4v) is 5.40. The zero-order valence-corrected chi connectivity index (χ0v) is 23.3. The lowest BCUT2D eigenvalue weighted by Gasteiger charge is -2.08. The van der Waals surface area contributed by atoms with E-state index in [1.54, 1.807) is 0 Å². The van der Waals surface area contributed by atoms with Crippen molar-refractivity contribution < 1.29 is 18.4 Å². The maximum Gasteiger partial charge on any atom is 0.257 e. The van der Waals surface area contributed by atoms with Gasteiger partial charge >= 0.3 is 0 Å². The molecule has 6 rings (SSSR count). The van der Waals surface area contributed by atoms with Crippen LogP contribution in [-0.2, 0) is 16.0 Å². The van der Waals surface area contributed by atoms with Gasteiger partial charge in [-0.25, -0.2) is 9.97 Å². The van der Waals surface area contributed by atoms with E-state index in [0.717, 1.165) is 40.0 Å². The highest BCUT2D eigenvalue weighted by Crippen LogP contribution is 2.25. The normalized spacial score (nSPS) is 11.1. The van der Waals surface area contributed by atoms with E-state index in [-0.39, 0.29) is 23.3 Å². The number of thioether (sulfide) groups is 2. The Morgan fingerprint density at radius 1 is 0.585 bits per heavy atom. The molecule has 8 nitrogen and oxygen atoms in total. The monoisotopic (exact) mass is 580 g/mol. The number of nitrogens with zero attached hydrogens (tertiary/aromatic N) is 2. The van der Waals surface area contributed by atoms with Gasteiger partial charge < -0.3 is 19.5 Å². The molecule has 41 heavy (non-hydrogen) atoms. The Bertz CT molecular complexity index is 1610. The van der Waals surface area contributed by atoms with E-state index in [9.17, 15) is 9.59 Å². The number of hydrogen-bond donors (Lipinski definition) is 2. The van der Waals surface area contributed by atoms with Crippen molar-refractivity contribution in [3.63, 3.8) is 0 Å². The molecule has 6 aromatic rings. The summed E-state index contributed by atoms with van der Waals surface area (Å²) in [5.41, 5.74) is 6.63. The summed E-state index contributed by atoms with van der Waals surface area (Å²) in [7, 11) is 0. The molecule has 2 heterocycles. The quantitative estimate of drug-likeness (QED) is 0.166. The number of fused-ring (bicyclic) bond motifs is 2. The van der Waals surface area contributed by atoms with Crippen molar-refractivity contribution in [2.45, 2.75) is 16.9 Å². The van der Waals surface area contributed by atoms with Gasteiger partial charge in [-0.2, -0.15) is 0 Å². The number of nitrogens with one attached hydrogen (secondary N) is 2. The third kappa shape index (κ3) is 6.97. The smallest absolute Gasteiger partial charge is 0.257 e. The van der Waals surface area contributed by atoms with Gasteiger partial charge in [0, 0.05) is 11.4 Å². The van der Waals surface area contributed by atoms with Crippen molar-refractivity contribution >= 4 is 68.9 Å². The molecule has 0 atom stereocenters. The van der Waals surface area contributed by atoms with E-state index in [0.29, 0.717) is 21.6 Å². The van der Waals surface area contributed by atoms with Gasteiger partial charge in [-0.05, 0) is 66.1 Å². The van der Waals surface area contributed by atoms with Crippen LogP contribution in [0.25, 0.3) is 22.2 Å². The van der Waals surface area contributed by atoms with Crippen LogP contribution in [0.15, 0.2) is 116 Å². The van der Waals surface area contributed by atoms with Crippen LogP contribution in [0.4, 0.5) is 11.4 Å². The minimum absolute atomic E-state index is 0.130. The lowest BCUT2D eigenvalue weighted by atomic mass is 10.0. The molecule has 0 radical (unpaired) electrons. The Kier molecular flexibility index (Phi) is 8.01. The molecule has 4 aromatic carbocycles. The minimum Gasteiger partial charge on any atom is -0.431 e. The maximum absolute atomic E-state index is 12.4. The molecule has 0 unspecified atom stereocenters. The molecular weight excluding hydrogens is 556 g/mol. The molecule has 10 heteroatoms. The van der Waals surface area contributed by atoms with Gasteiger partial charge in [0.05, 0.1) is 11.5 Å². The maximum atomic E-state index is 12.4. The first kappa shape index (κ1) is 26.7. The minimum atomic E-state index is -0.130. The number of hydrogen-bond acceptors (Lipinski definition) is 8. The summed E-state index contributed by atoms with van der Waals surface area (Å²) in [6.07, 6.45) is 0.726. The van der Waals surface area contributed by atoms with Gasteiger partial charge in [-0.15, -0.1) is 0 Å². The first-order chi connectivity index (χ1) is 20.1. The molecule has 0 saturated carbocycles. The Morgan fingerprint density at radius 3 is 1.41 bits per heavy atom. The average molecular weight is 581 g/mol. The molecule has 0 spiro atoms. The second kappa shape index (κ2) is 12.3. The number of carbonyl (C=O) groups is 2. The van der Waals surface area contributed by atoms with Gasteiger partial charge in [0.2, 0.25) is 11.8 Å². The summed E-state index contributed by atoms with van der Waals surface area (Å²) < 4.78 is 11.3. The summed E-state index contributed by atoms with van der Waals surface area (Å²) >= 11 is 2.52. The number of oxazole rings is 2. The second-order valence-corrected chi connectivity index (χ2v) is 11.0. The van der Waals surface area contributed by atoms with Crippen LogP contribution in [-0.4, -0.2) is 33.3 Å². The van der Waals surface area contributed by atoms with Gasteiger partial charge in [-0.1, -0.05) is 72.1 Å². The Balaban J connectivity index is 0.949. The SMILES string of the molecule is O=C(CSc1nc2ccccc2o1)Nc1ccc(Cc2ccc(NC(=O)CSc3nc4ccccc4o3)cc2)cc1. The molecule has 0 saturated heterocycles. The van der Waals surface area contributed by atoms with E-state index >= 15 is 0 Å². The molecule has 0 aliphatic rings. The van der Waals surface area contributed by atoms with Crippen LogP contribution in [0.2, 0.25) is 0 Å². The van der Waals surface area contributed by atoms with Gasteiger partial charge in [0.15, 0.2) is 11.2 Å². The van der Waals surface area contributed by atoms with Crippen LogP contribution in [0.3, 0.4) is 0 Å². The van der Waals surface area contributed by atoms with Crippen LogP contribution >= 0.6 is 23.5 Å². The zero-order valence-electron chi connectivity index (χ0n) is 21.7. The summed E-state index contributed by atoms with van der Waals surface area (Å²) in [5, 5.41) is 6.76. The first-order valence-corrected chi connectivity index (χ1v) is 14.8. The van der Waals surface area contributed by atoms with E-state index in [2.05, 4.69) is 20.6 Å². The van der Waals surface area contributed by atoms with Crippen molar-refractivity contribution in [1.29, 1.82) is 0 Å². The molecule has 0 fully saturated rings. The summed E-state index contributed by atoms with van der Waals surface area (Å²) in [4.78, 5) is 33.5. The number of anilines is 2. The van der Waals surface area contributed by atoms with Crippen molar-refractivity contribution in [2.24, 2.45) is 0 Å². The van der Waals surface area contributed by atoms with Crippen LogP contribution < -0.4 is 10.6 Å². The van der Waals surface area contributed by atoms with E-state index in [4.69, 9.17) is 8.83 Å². The van der Waals surface area contributed by atoms with Gasteiger partial charge in [0.1, 0.15) is 11.0 Å². The van der Waals surface area contributed by atoms with E-state index in [1.165, 1.54) is 23.5 Å². The Morgan fingerprint density at radius 2 is 1.00 bits per heavy atom.